The van der Waals surface area contributed by atoms with E-state index in [9.17, 15) is 9.59 Å². The zero-order valence-corrected chi connectivity index (χ0v) is 18.3. The van der Waals surface area contributed by atoms with E-state index in [0.717, 1.165) is 5.69 Å². The van der Waals surface area contributed by atoms with Crippen LogP contribution in [-0.4, -0.2) is 45.0 Å². The van der Waals surface area contributed by atoms with Gasteiger partial charge in [0.1, 0.15) is 11.2 Å². The Hall–Kier alpha value is -2.05. The number of hydrogen-bond donors (Lipinski definition) is 1. The Morgan fingerprint density at radius 3 is 2.46 bits per heavy atom. The van der Waals surface area contributed by atoms with Gasteiger partial charge in [-0.3, -0.25) is 9.59 Å². The first-order valence-electron chi connectivity index (χ1n) is 9.12. The minimum Gasteiger partial charge on any atom is -0.332 e. The second-order valence-electron chi connectivity index (χ2n) is 7.54. The summed E-state index contributed by atoms with van der Waals surface area (Å²) in [4.78, 5) is 26.1. The fourth-order valence-corrected chi connectivity index (χ4v) is 2.95. The molecule has 2 amide bonds. The number of hydrogen-bond acceptors (Lipinski definition) is 3. The van der Waals surface area contributed by atoms with Gasteiger partial charge in [-0.15, -0.1) is 11.6 Å². The minimum atomic E-state index is -0.686. The number of benzene rings is 1. The van der Waals surface area contributed by atoms with Crippen molar-refractivity contribution in [3.05, 3.63) is 41.0 Å². The lowest BCUT2D eigenvalue weighted by atomic mass is 9.92. The van der Waals surface area contributed by atoms with Crippen molar-refractivity contribution in [1.82, 2.24) is 14.7 Å². The number of carbonyl (C=O) groups excluding carboxylic acids is 2. The van der Waals surface area contributed by atoms with Crippen molar-refractivity contribution in [2.24, 2.45) is 0 Å². The molecule has 0 saturated heterocycles. The molecule has 0 aliphatic carbocycles. The number of likely N-dealkylation sites (N-methyl/N-ethyl adjacent to an activating group) is 1. The minimum absolute atomic E-state index is 0.0923. The first kappa shape index (κ1) is 22.2. The van der Waals surface area contributed by atoms with E-state index in [4.69, 9.17) is 23.2 Å². The molecule has 1 aromatic heterocycles. The summed E-state index contributed by atoms with van der Waals surface area (Å²) in [7, 11) is 0. The van der Waals surface area contributed by atoms with Crippen LogP contribution in [0.1, 0.15) is 40.3 Å². The number of amides is 2. The standard InChI is InChI=1S/C20H26Cl2N4O2/c1-6-25(19(28)13(2)21)12-18(27)23-17-11-16(20(3,4)5)24-26(17)15-10-8-7-9-14(15)22/h7-11,13H,6,12H2,1-5H3,(H,23,27). The van der Waals surface area contributed by atoms with Gasteiger partial charge >= 0.3 is 0 Å². The molecule has 0 saturated carbocycles. The summed E-state index contributed by atoms with van der Waals surface area (Å²) in [5, 5.41) is 7.33. The molecule has 0 spiro atoms. The van der Waals surface area contributed by atoms with Crippen LogP contribution in [0.15, 0.2) is 30.3 Å². The topological polar surface area (TPSA) is 67.2 Å². The number of aromatic nitrogens is 2. The van der Waals surface area contributed by atoms with Crippen LogP contribution in [0.25, 0.3) is 5.69 Å². The summed E-state index contributed by atoms with van der Waals surface area (Å²) in [6, 6.07) is 9.10. The molecule has 2 rings (SSSR count). The van der Waals surface area contributed by atoms with Crippen LogP contribution in [0.3, 0.4) is 0 Å². The molecular weight excluding hydrogens is 399 g/mol. The Balaban J connectivity index is 2.34. The largest absolute Gasteiger partial charge is 0.332 e. The number of para-hydroxylation sites is 1. The molecule has 6 nitrogen and oxygen atoms in total. The van der Waals surface area contributed by atoms with E-state index in [-0.39, 0.29) is 23.8 Å². The van der Waals surface area contributed by atoms with Crippen molar-refractivity contribution < 1.29 is 9.59 Å². The summed E-state index contributed by atoms with van der Waals surface area (Å²) >= 11 is 12.2. The van der Waals surface area contributed by atoms with E-state index >= 15 is 0 Å². The third-order valence-electron chi connectivity index (χ3n) is 4.19. The highest BCUT2D eigenvalue weighted by Gasteiger charge is 2.24. The van der Waals surface area contributed by atoms with E-state index in [0.29, 0.717) is 23.1 Å². The second-order valence-corrected chi connectivity index (χ2v) is 8.61. The zero-order valence-electron chi connectivity index (χ0n) is 16.8. The molecule has 8 heteroatoms. The molecule has 0 aliphatic heterocycles. The number of rotatable bonds is 6. The van der Waals surface area contributed by atoms with Gasteiger partial charge in [0.2, 0.25) is 11.8 Å². The number of nitrogens with zero attached hydrogens (tertiary/aromatic N) is 3. The Morgan fingerprint density at radius 1 is 1.29 bits per heavy atom. The van der Waals surface area contributed by atoms with Crippen LogP contribution in [0.4, 0.5) is 5.82 Å². The van der Waals surface area contributed by atoms with Gasteiger partial charge in [-0.25, -0.2) is 4.68 Å². The van der Waals surface area contributed by atoms with Gasteiger partial charge in [0, 0.05) is 18.0 Å². The van der Waals surface area contributed by atoms with E-state index in [1.165, 1.54) is 4.90 Å². The molecule has 1 unspecified atom stereocenters. The molecule has 1 atom stereocenters. The van der Waals surface area contributed by atoms with Crippen molar-refractivity contribution in [3.63, 3.8) is 0 Å². The van der Waals surface area contributed by atoms with E-state index < -0.39 is 5.38 Å². The van der Waals surface area contributed by atoms with Crippen molar-refractivity contribution in [2.45, 2.75) is 45.4 Å². The lowest BCUT2D eigenvalue weighted by Gasteiger charge is -2.21. The van der Waals surface area contributed by atoms with E-state index in [2.05, 4.69) is 10.4 Å². The Labute approximate surface area is 175 Å². The van der Waals surface area contributed by atoms with Gasteiger partial charge in [0.15, 0.2) is 0 Å². The summed E-state index contributed by atoms with van der Waals surface area (Å²) in [6.07, 6.45) is 0. The summed E-state index contributed by atoms with van der Waals surface area (Å²) in [5.74, 6) is -0.124. The molecule has 152 valence electrons. The predicted molar refractivity (Wildman–Crippen MR) is 113 cm³/mol. The zero-order chi connectivity index (χ0) is 21.1. The van der Waals surface area contributed by atoms with Crippen LogP contribution >= 0.6 is 23.2 Å². The second kappa shape index (κ2) is 8.97. The number of alkyl halides is 1. The molecule has 0 radical (unpaired) electrons. The third-order valence-corrected chi connectivity index (χ3v) is 4.70. The van der Waals surface area contributed by atoms with Crippen LogP contribution in [0.5, 0.6) is 0 Å². The van der Waals surface area contributed by atoms with Gasteiger partial charge in [-0.2, -0.15) is 5.10 Å². The maximum Gasteiger partial charge on any atom is 0.245 e. The van der Waals surface area contributed by atoms with Gasteiger partial charge in [-0.1, -0.05) is 44.5 Å². The van der Waals surface area contributed by atoms with Gasteiger partial charge in [0.05, 0.1) is 22.9 Å². The SMILES string of the molecule is CCN(CC(=O)Nc1cc(C(C)(C)C)nn1-c1ccccc1Cl)C(=O)C(C)Cl. The van der Waals surface area contributed by atoms with Crippen molar-refractivity contribution in [3.8, 4) is 5.69 Å². The number of carbonyl (C=O) groups is 2. The van der Waals surface area contributed by atoms with Crippen molar-refractivity contribution in [1.29, 1.82) is 0 Å². The number of nitrogens with one attached hydrogen (secondary N) is 1. The van der Waals surface area contributed by atoms with Crippen molar-refractivity contribution >= 4 is 40.8 Å². The third kappa shape index (κ3) is 5.26. The lowest BCUT2D eigenvalue weighted by molar-refractivity contribution is -0.133. The monoisotopic (exact) mass is 424 g/mol. The normalized spacial score (nSPS) is 12.5. The molecule has 0 fully saturated rings. The van der Waals surface area contributed by atoms with Crippen LogP contribution < -0.4 is 5.32 Å². The van der Waals surface area contributed by atoms with E-state index in [1.54, 1.807) is 24.6 Å². The fraction of sp³-hybridized carbons (Fsp3) is 0.450. The van der Waals surface area contributed by atoms with E-state index in [1.807, 2.05) is 45.0 Å². The van der Waals surface area contributed by atoms with Crippen molar-refractivity contribution in [2.75, 3.05) is 18.4 Å². The average molecular weight is 425 g/mol. The molecule has 0 bridgehead atoms. The highest BCUT2D eigenvalue weighted by molar-refractivity contribution is 6.32. The molecule has 1 heterocycles. The molecule has 1 N–H and O–H groups in total. The maximum atomic E-state index is 12.6. The van der Waals surface area contributed by atoms with Crippen LogP contribution in [-0.2, 0) is 15.0 Å². The van der Waals surface area contributed by atoms with Crippen LogP contribution in [0.2, 0.25) is 5.02 Å². The molecule has 2 aromatic rings. The van der Waals surface area contributed by atoms with Crippen LogP contribution in [0, 0.1) is 0 Å². The molecule has 0 aliphatic rings. The lowest BCUT2D eigenvalue weighted by Crippen LogP contribution is -2.41. The fourth-order valence-electron chi connectivity index (χ4n) is 2.60. The summed E-state index contributed by atoms with van der Waals surface area (Å²) < 4.78 is 1.61. The Kier molecular flexibility index (Phi) is 7.12. The number of anilines is 1. The number of halogens is 2. The molecule has 1 aromatic carbocycles. The summed E-state index contributed by atoms with van der Waals surface area (Å²) in [6.45, 7) is 9.81. The Bertz CT molecular complexity index is 856. The maximum absolute atomic E-state index is 12.6. The smallest absolute Gasteiger partial charge is 0.245 e. The molecule has 28 heavy (non-hydrogen) atoms. The highest BCUT2D eigenvalue weighted by Crippen LogP contribution is 2.29. The average Bonchev–Trinajstić information content (AvgIpc) is 3.03. The highest BCUT2D eigenvalue weighted by atomic mass is 35.5. The van der Waals surface area contributed by atoms with Gasteiger partial charge < -0.3 is 10.2 Å². The van der Waals surface area contributed by atoms with Gasteiger partial charge in [-0.05, 0) is 26.0 Å². The predicted octanol–water partition coefficient (Wildman–Crippen LogP) is 4.24. The first-order valence-corrected chi connectivity index (χ1v) is 9.94. The Morgan fingerprint density at radius 2 is 1.93 bits per heavy atom. The van der Waals surface area contributed by atoms with Gasteiger partial charge in [0.25, 0.3) is 0 Å². The quantitative estimate of drug-likeness (QED) is 0.705. The molecular formula is C20H26Cl2N4O2. The first-order chi connectivity index (χ1) is 13.0. The summed E-state index contributed by atoms with van der Waals surface area (Å²) in [5.41, 5.74) is 1.25.